The van der Waals surface area contributed by atoms with Crippen LogP contribution >= 0.6 is 0 Å². The van der Waals surface area contributed by atoms with Gasteiger partial charge in [0.1, 0.15) is 0 Å². The number of carbonyl (C=O) groups excluding carboxylic acids is 2. The van der Waals surface area contributed by atoms with E-state index in [1.807, 2.05) is 13.0 Å². The first-order valence-electron chi connectivity index (χ1n) is 7.26. The van der Waals surface area contributed by atoms with Crippen LogP contribution < -0.4 is 11.1 Å². The summed E-state index contributed by atoms with van der Waals surface area (Å²) in [6.45, 7) is 1.89. The normalized spacial score (nSPS) is 21.7. The van der Waals surface area contributed by atoms with Gasteiger partial charge in [-0.3, -0.25) is 4.79 Å². The number of nitrogens with one attached hydrogen (secondary N) is 1. The number of rotatable bonds is 3. The van der Waals surface area contributed by atoms with Crippen LogP contribution in [0.2, 0.25) is 0 Å². The number of methoxy groups -OCH3 is 1. The first-order chi connectivity index (χ1) is 10.0. The van der Waals surface area contributed by atoms with Crippen LogP contribution in [0.5, 0.6) is 0 Å². The van der Waals surface area contributed by atoms with E-state index >= 15 is 0 Å². The molecule has 0 atom stereocenters. The molecule has 0 bridgehead atoms. The number of nitrogens with two attached hydrogens (primary N) is 1. The highest BCUT2D eigenvalue weighted by atomic mass is 16.5. The maximum absolute atomic E-state index is 12.3. The first kappa shape index (κ1) is 15.5. The summed E-state index contributed by atoms with van der Waals surface area (Å²) >= 11 is 0. The second-order valence-corrected chi connectivity index (χ2v) is 5.64. The Morgan fingerprint density at radius 1 is 1.24 bits per heavy atom. The summed E-state index contributed by atoms with van der Waals surface area (Å²) in [5, 5.41) is 2.86. The summed E-state index contributed by atoms with van der Waals surface area (Å²) in [5.41, 5.74) is 7.69. The van der Waals surface area contributed by atoms with E-state index in [1.54, 1.807) is 12.1 Å². The number of ether oxygens (including phenoxy) is 1. The van der Waals surface area contributed by atoms with Crippen molar-refractivity contribution in [2.24, 2.45) is 11.7 Å². The number of amides is 1. The molecule has 1 aliphatic rings. The summed E-state index contributed by atoms with van der Waals surface area (Å²) in [4.78, 5) is 24.1. The fourth-order valence-electron chi connectivity index (χ4n) is 2.66. The van der Waals surface area contributed by atoms with Gasteiger partial charge in [0, 0.05) is 12.0 Å². The van der Waals surface area contributed by atoms with E-state index in [-0.39, 0.29) is 17.9 Å². The van der Waals surface area contributed by atoms with E-state index in [9.17, 15) is 9.59 Å². The zero-order valence-corrected chi connectivity index (χ0v) is 12.5. The van der Waals surface area contributed by atoms with Gasteiger partial charge in [0.2, 0.25) is 5.91 Å². The molecule has 1 aromatic carbocycles. The SMILES string of the molecule is COC(=O)c1cc(C)ccc1NC(=O)C1CCC(N)CC1. The van der Waals surface area contributed by atoms with E-state index in [0.717, 1.165) is 31.2 Å². The van der Waals surface area contributed by atoms with Crippen molar-refractivity contribution in [1.29, 1.82) is 0 Å². The van der Waals surface area contributed by atoms with Crippen molar-refractivity contribution in [3.63, 3.8) is 0 Å². The molecular weight excluding hydrogens is 268 g/mol. The van der Waals surface area contributed by atoms with Crippen LogP contribution in [0.4, 0.5) is 5.69 Å². The Balaban J connectivity index is 2.12. The van der Waals surface area contributed by atoms with Crippen LogP contribution in [0, 0.1) is 12.8 Å². The molecule has 1 aromatic rings. The van der Waals surface area contributed by atoms with Crippen molar-refractivity contribution in [3.05, 3.63) is 29.3 Å². The molecule has 1 fully saturated rings. The van der Waals surface area contributed by atoms with Gasteiger partial charge in [-0.05, 0) is 44.7 Å². The fourth-order valence-corrected chi connectivity index (χ4v) is 2.66. The minimum atomic E-state index is -0.445. The maximum atomic E-state index is 12.3. The van der Waals surface area contributed by atoms with Crippen molar-refractivity contribution < 1.29 is 14.3 Å². The van der Waals surface area contributed by atoms with Gasteiger partial charge in [0.05, 0.1) is 18.4 Å². The van der Waals surface area contributed by atoms with Crippen molar-refractivity contribution in [2.45, 2.75) is 38.6 Å². The Labute approximate surface area is 124 Å². The highest BCUT2D eigenvalue weighted by Crippen LogP contribution is 2.26. The van der Waals surface area contributed by atoms with Gasteiger partial charge in [0.15, 0.2) is 0 Å². The predicted octanol–water partition coefficient (Wildman–Crippen LogP) is 2.24. The molecule has 21 heavy (non-hydrogen) atoms. The molecule has 5 heteroatoms. The minimum Gasteiger partial charge on any atom is -0.465 e. The molecule has 2 rings (SSSR count). The molecule has 1 amide bonds. The molecule has 1 saturated carbocycles. The van der Waals surface area contributed by atoms with Crippen LogP contribution in [0.15, 0.2) is 18.2 Å². The zero-order valence-electron chi connectivity index (χ0n) is 12.5. The van der Waals surface area contributed by atoms with Crippen molar-refractivity contribution >= 4 is 17.6 Å². The summed E-state index contributed by atoms with van der Waals surface area (Å²) in [7, 11) is 1.33. The van der Waals surface area contributed by atoms with Gasteiger partial charge in [-0.15, -0.1) is 0 Å². The number of hydrogen-bond acceptors (Lipinski definition) is 4. The standard InChI is InChI=1S/C16H22N2O3/c1-10-3-8-14(13(9-10)16(20)21-2)18-15(19)11-4-6-12(17)7-5-11/h3,8-9,11-12H,4-7,17H2,1-2H3,(H,18,19). The van der Waals surface area contributed by atoms with Crippen LogP contribution in [-0.2, 0) is 9.53 Å². The highest BCUT2D eigenvalue weighted by molar-refractivity contribution is 6.02. The highest BCUT2D eigenvalue weighted by Gasteiger charge is 2.25. The number of carbonyl (C=O) groups is 2. The average Bonchev–Trinajstić information content (AvgIpc) is 2.48. The summed E-state index contributed by atoms with van der Waals surface area (Å²) < 4.78 is 4.77. The molecule has 0 unspecified atom stereocenters. The number of aryl methyl sites for hydroxylation is 1. The van der Waals surface area contributed by atoms with Crippen LogP contribution in [0.25, 0.3) is 0 Å². The molecule has 0 spiro atoms. The summed E-state index contributed by atoms with van der Waals surface area (Å²) in [6.07, 6.45) is 3.34. The lowest BCUT2D eigenvalue weighted by atomic mass is 9.86. The third kappa shape index (κ3) is 3.82. The van der Waals surface area contributed by atoms with Crippen LogP contribution in [-0.4, -0.2) is 25.0 Å². The van der Waals surface area contributed by atoms with E-state index in [2.05, 4.69) is 5.32 Å². The number of hydrogen-bond donors (Lipinski definition) is 2. The predicted molar refractivity (Wildman–Crippen MR) is 81.1 cm³/mol. The number of benzene rings is 1. The number of anilines is 1. The molecule has 0 aromatic heterocycles. The fraction of sp³-hybridized carbons (Fsp3) is 0.500. The molecule has 1 aliphatic carbocycles. The Bertz CT molecular complexity index is 534. The van der Waals surface area contributed by atoms with Gasteiger partial charge in [-0.25, -0.2) is 4.79 Å². The Morgan fingerprint density at radius 3 is 2.52 bits per heavy atom. The second-order valence-electron chi connectivity index (χ2n) is 5.64. The summed E-state index contributed by atoms with van der Waals surface area (Å²) in [5.74, 6) is -0.521. The third-order valence-corrected chi connectivity index (χ3v) is 3.98. The maximum Gasteiger partial charge on any atom is 0.339 e. The molecular formula is C16H22N2O3. The van der Waals surface area contributed by atoms with E-state index < -0.39 is 5.97 Å². The second kappa shape index (κ2) is 6.72. The minimum absolute atomic E-state index is 0.0309. The van der Waals surface area contributed by atoms with Crippen LogP contribution in [0.1, 0.15) is 41.6 Å². The Kier molecular flexibility index (Phi) is 4.96. The molecule has 0 saturated heterocycles. The van der Waals surface area contributed by atoms with Gasteiger partial charge in [0.25, 0.3) is 0 Å². The van der Waals surface area contributed by atoms with Crippen LogP contribution in [0.3, 0.4) is 0 Å². The quantitative estimate of drug-likeness (QED) is 0.836. The largest absolute Gasteiger partial charge is 0.465 e. The van der Waals surface area contributed by atoms with E-state index in [4.69, 9.17) is 10.5 Å². The Hall–Kier alpha value is -1.88. The topological polar surface area (TPSA) is 81.4 Å². The Morgan fingerprint density at radius 2 is 1.90 bits per heavy atom. The molecule has 114 valence electrons. The third-order valence-electron chi connectivity index (χ3n) is 3.98. The molecule has 0 radical (unpaired) electrons. The lowest BCUT2D eigenvalue weighted by Crippen LogP contribution is -2.32. The van der Waals surface area contributed by atoms with Crippen molar-refractivity contribution in [2.75, 3.05) is 12.4 Å². The van der Waals surface area contributed by atoms with Crippen molar-refractivity contribution in [1.82, 2.24) is 0 Å². The van der Waals surface area contributed by atoms with Crippen molar-refractivity contribution in [3.8, 4) is 0 Å². The van der Waals surface area contributed by atoms with E-state index in [1.165, 1.54) is 7.11 Å². The van der Waals surface area contributed by atoms with Gasteiger partial charge in [-0.2, -0.15) is 0 Å². The first-order valence-corrected chi connectivity index (χ1v) is 7.26. The number of esters is 1. The summed E-state index contributed by atoms with van der Waals surface area (Å²) in [6, 6.07) is 5.53. The lowest BCUT2D eigenvalue weighted by Gasteiger charge is -2.25. The molecule has 5 nitrogen and oxygen atoms in total. The zero-order chi connectivity index (χ0) is 15.4. The van der Waals surface area contributed by atoms with E-state index in [0.29, 0.717) is 11.3 Å². The average molecular weight is 290 g/mol. The van der Waals surface area contributed by atoms with Gasteiger partial charge in [-0.1, -0.05) is 11.6 Å². The molecule has 3 N–H and O–H groups in total. The smallest absolute Gasteiger partial charge is 0.339 e. The molecule has 0 heterocycles. The van der Waals surface area contributed by atoms with Gasteiger partial charge >= 0.3 is 5.97 Å². The lowest BCUT2D eigenvalue weighted by molar-refractivity contribution is -0.120. The van der Waals surface area contributed by atoms with Gasteiger partial charge < -0.3 is 15.8 Å². The monoisotopic (exact) mass is 290 g/mol. The molecule has 0 aliphatic heterocycles.